The van der Waals surface area contributed by atoms with Gasteiger partial charge in [-0.3, -0.25) is 0 Å². The number of halogens is 2. The molecule has 1 aromatic carbocycles. The third-order valence-corrected chi connectivity index (χ3v) is 5.21. The van der Waals surface area contributed by atoms with E-state index >= 15 is 0 Å². The van der Waals surface area contributed by atoms with Gasteiger partial charge in [0.2, 0.25) is 5.95 Å². The van der Waals surface area contributed by atoms with Crippen molar-refractivity contribution in [3.8, 4) is 0 Å². The van der Waals surface area contributed by atoms with Gasteiger partial charge in [0.25, 0.3) is 0 Å². The van der Waals surface area contributed by atoms with Crippen LogP contribution in [0.1, 0.15) is 37.3 Å². The summed E-state index contributed by atoms with van der Waals surface area (Å²) in [7, 11) is 0. The summed E-state index contributed by atoms with van der Waals surface area (Å²) in [4.78, 5) is 13.4. The van der Waals surface area contributed by atoms with Crippen molar-refractivity contribution in [3.05, 3.63) is 46.3 Å². The summed E-state index contributed by atoms with van der Waals surface area (Å²) in [6, 6.07) is 6.08. The van der Waals surface area contributed by atoms with Crippen LogP contribution in [0.4, 0.5) is 5.95 Å². The topological polar surface area (TPSA) is 55.6 Å². The summed E-state index contributed by atoms with van der Waals surface area (Å²) in [5, 5.41) is 4.34. The van der Waals surface area contributed by atoms with Crippen molar-refractivity contribution in [2.45, 2.75) is 38.3 Å². The Balaban J connectivity index is 1.55. The Morgan fingerprint density at radius 1 is 1.12 bits per heavy atom. The molecule has 1 fully saturated rings. The number of anilines is 1. The highest BCUT2D eigenvalue weighted by Crippen LogP contribution is 2.31. The van der Waals surface area contributed by atoms with Crippen LogP contribution in [0.2, 0.25) is 10.0 Å². The molecule has 0 atom stereocenters. The minimum absolute atomic E-state index is 0.507. The number of nitrogens with zero attached hydrogens (tertiary/aromatic N) is 4. The van der Waals surface area contributed by atoms with Gasteiger partial charge >= 0.3 is 0 Å². The lowest BCUT2D eigenvalue weighted by Crippen LogP contribution is -2.07. The Hall–Kier alpha value is -1.85. The van der Waals surface area contributed by atoms with Gasteiger partial charge in [-0.05, 0) is 30.5 Å². The zero-order valence-electron chi connectivity index (χ0n) is 13.0. The van der Waals surface area contributed by atoms with E-state index in [1.807, 2.05) is 18.5 Å². The molecule has 7 heteroatoms. The lowest BCUT2D eigenvalue weighted by molar-refractivity contribution is 0.529. The first-order valence-electron chi connectivity index (χ1n) is 8.08. The molecule has 0 amide bonds. The van der Waals surface area contributed by atoms with Gasteiger partial charge in [-0.2, -0.15) is 4.98 Å². The molecule has 3 aromatic rings. The minimum Gasteiger partial charge on any atom is -0.350 e. The molecule has 2 heterocycles. The van der Waals surface area contributed by atoms with Crippen molar-refractivity contribution < 1.29 is 0 Å². The van der Waals surface area contributed by atoms with Gasteiger partial charge in [-0.25, -0.2) is 9.97 Å². The maximum atomic E-state index is 6.05. The third-order valence-electron chi connectivity index (χ3n) is 4.47. The highest BCUT2D eigenvalue weighted by atomic mass is 35.5. The normalized spacial score (nSPS) is 15.2. The van der Waals surface area contributed by atoms with Gasteiger partial charge in [0.05, 0.1) is 22.6 Å². The van der Waals surface area contributed by atoms with Crippen molar-refractivity contribution in [1.82, 2.24) is 19.5 Å². The number of hydrogen-bond donors (Lipinski definition) is 1. The van der Waals surface area contributed by atoms with E-state index in [0.717, 1.165) is 16.7 Å². The van der Waals surface area contributed by atoms with E-state index in [1.54, 1.807) is 12.3 Å². The van der Waals surface area contributed by atoms with Crippen LogP contribution in [-0.2, 0) is 6.54 Å². The number of aromatic nitrogens is 4. The predicted octanol–water partition coefficient (Wildman–Crippen LogP) is 4.86. The maximum absolute atomic E-state index is 6.05. The Morgan fingerprint density at radius 2 is 1.96 bits per heavy atom. The molecular formula is C17H17Cl2N5. The molecule has 0 unspecified atom stereocenters. The van der Waals surface area contributed by atoms with Crippen LogP contribution in [0.25, 0.3) is 11.2 Å². The second-order valence-electron chi connectivity index (χ2n) is 6.09. The van der Waals surface area contributed by atoms with Crippen LogP contribution < -0.4 is 5.32 Å². The largest absolute Gasteiger partial charge is 0.350 e. The number of hydrogen-bond acceptors (Lipinski definition) is 4. The molecule has 124 valence electrons. The fourth-order valence-corrected chi connectivity index (χ4v) is 3.51. The smallest absolute Gasteiger partial charge is 0.225 e. The maximum Gasteiger partial charge on any atom is 0.225 e. The average molecular weight is 362 g/mol. The minimum atomic E-state index is 0.507. The summed E-state index contributed by atoms with van der Waals surface area (Å²) in [6.45, 7) is 0.583. The van der Waals surface area contributed by atoms with E-state index in [4.69, 9.17) is 23.2 Å². The van der Waals surface area contributed by atoms with E-state index in [1.165, 1.54) is 25.7 Å². The van der Waals surface area contributed by atoms with Crippen molar-refractivity contribution in [3.63, 3.8) is 0 Å². The Labute approximate surface area is 150 Å². The van der Waals surface area contributed by atoms with Gasteiger partial charge in [0.1, 0.15) is 5.52 Å². The van der Waals surface area contributed by atoms with Gasteiger partial charge in [-0.15, -0.1) is 0 Å². The summed E-state index contributed by atoms with van der Waals surface area (Å²) >= 11 is 12.0. The van der Waals surface area contributed by atoms with E-state index in [9.17, 15) is 0 Å². The molecule has 0 spiro atoms. The Kier molecular flexibility index (Phi) is 4.29. The zero-order chi connectivity index (χ0) is 16.5. The molecule has 24 heavy (non-hydrogen) atoms. The number of fused-ring (bicyclic) bond motifs is 1. The highest BCUT2D eigenvalue weighted by Gasteiger charge is 2.19. The van der Waals surface area contributed by atoms with E-state index < -0.39 is 0 Å². The highest BCUT2D eigenvalue weighted by molar-refractivity contribution is 6.42. The molecule has 1 N–H and O–H groups in total. The van der Waals surface area contributed by atoms with Crippen molar-refractivity contribution in [2.24, 2.45) is 0 Å². The van der Waals surface area contributed by atoms with Crippen LogP contribution in [0, 0.1) is 0 Å². The third kappa shape index (κ3) is 3.06. The van der Waals surface area contributed by atoms with Crippen LogP contribution in [0.15, 0.2) is 30.7 Å². The quantitative estimate of drug-likeness (QED) is 0.720. The second-order valence-corrected chi connectivity index (χ2v) is 6.91. The van der Waals surface area contributed by atoms with Gasteiger partial charge < -0.3 is 9.88 Å². The van der Waals surface area contributed by atoms with Crippen molar-refractivity contribution >= 4 is 40.3 Å². The molecule has 0 saturated heterocycles. The van der Waals surface area contributed by atoms with Gasteiger partial charge in [0, 0.05) is 12.6 Å². The summed E-state index contributed by atoms with van der Waals surface area (Å²) < 4.78 is 2.19. The molecule has 1 saturated carbocycles. The standard InChI is InChI=1S/C17H17Cl2N5/c18-13-6-5-11(7-14(13)19)8-20-17-21-9-15-16(23-17)24(10-22-15)12-3-1-2-4-12/h5-7,9-10,12H,1-4,8H2,(H,20,21,23). The molecule has 2 aromatic heterocycles. The van der Waals surface area contributed by atoms with E-state index in [2.05, 4.69) is 24.8 Å². The summed E-state index contributed by atoms with van der Waals surface area (Å²) in [5.74, 6) is 0.591. The molecular weight excluding hydrogens is 345 g/mol. The number of rotatable bonds is 4. The van der Waals surface area contributed by atoms with Crippen LogP contribution in [0.5, 0.6) is 0 Å². The first-order chi connectivity index (χ1) is 11.7. The fourth-order valence-electron chi connectivity index (χ4n) is 3.19. The van der Waals surface area contributed by atoms with E-state index in [0.29, 0.717) is 28.6 Å². The van der Waals surface area contributed by atoms with Crippen LogP contribution in [-0.4, -0.2) is 19.5 Å². The zero-order valence-corrected chi connectivity index (χ0v) is 14.6. The summed E-state index contributed by atoms with van der Waals surface area (Å²) in [5.41, 5.74) is 2.76. The second kappa shape index (κ2) is 6.57. The Bertz CT molecular complexity index is 871. The van der Waals surface area contributed by atoms with Gasteiger partial charge in [0.15, 0.2) is 5.65 Å². The lowest BCUT2D eigenvalue weighted by Gasteiger charge is -2.12. The first-order valence-corrected chi connectivity index (χ1v) is 8.84. The predicted molar refractivity (Wildman–Crippen MR) is 96.6 cm³/mol. The lowest BCUT2D eigenvalue weighted by atomic mass is 10.2. The molecule has 0 aliphatic heterocycles. The van der Waals surface area contributed by atoms with Gasteiger partial charge in [-0.1, -0.05) is 42.1 Å². The summed E-state index contributed by atoms with van der Waals surface area (Å²) in [6.07, 6.45) is 8.60. The molecule has 5 nitrogen and oxygen atoms in total. The Morgan fingerprint density at radius 3 is 2.75 bits per heavy atom. The molecule has 0 bridgehead atoms. The number of benzene rings is 1. The van der Waals surface area contributed by atoms with Crippen molar-refractivity contribution in [2.75, 3.05) is 5.32 Å². The number of nitrogens with one attached hydrogen (secondary N) is 1. The fraction of sp³-hybridized carbons (Fsp3) is 0.353. The monoisotopic (exact) mass is 361 g/mol. The molecule has 4 rings (SSSR count). The SMILES string of the molecule is Clc1ccc(CNc2ncc3ncn(C4CCCC4)c3n2)cc1Cl. The molecule has 0 radical (unpaired) electrons. The van der Waals surface area contributed by atoms with Crippen LogP contribution in [0.3, 0.4) is 0 Å². The first kappa shape index (κ1) is 15.7. The van der Waals surface area contributed by atoms with Crippen LogP contribution >= 0.6 is 23.2 Å². The number of imidazole rings is 1. The molecule has 1 aliphatic rings. The van der Waals surface area contributed by atoms with Crippen molar-refractivity contribution in [1.29, 1.82) is 0 Å². The molecule has 1 aliphatic carbocycles. The average Bonchev–Trinajstić information content (AvgIpc) is 3.24. The van der Waals surface area contributed by atoms with E-state index in [-0.39, 0.29) is 0 Å².